The quantitative estimate of drug-likeness (QED) is 0.369. The SMILES string of the molecule is [O-][Cl+2]([O-])[O-].[O-][Cl+2]([O-])[O-].[O-][Cl+2]([O-])[O-].[Sb+3]. The second kappa shape index (κ2) is 19.0. The van der Waals surface area contributed by atoms with Gasteiger partial charge in [0.25, 0.3) is 0 Å². The molecule has 0 atom stereocenters. The maximum absolute atomic E-state index is 8.41. The Balaban J connectivity index is -0.0000000450. The molecule has 0 heterocycles. The van der Waals surface area contributed by atoms with Crippen molar-refractivity contribution in [2.75, 3.05) is 0 Å². The van der Waals surface area contributed by atoms with Gasteiger partial charge in [0.05, 0.1) is 32.4 Å². The standard InChI is InChI=1S/3ClO3.Sb/c3*2-1(3)4;/q3*-1;+3. The molecule has 0 unspecified atom stereocenters. The first-order valence-corrected chi connectivity index (χ1v) is 4.17. The molecule has 0 spiro atoms. The first-order chi connectivity index (χ1) is 5.20. The van der Waals surface area contributed by atoms with E-state index in [1.54, 1.807) is 0 Å². The van der Waals surface area contributed by atoms with Crippen LogP contribution >= 0.6 is 0 Å². The second-order valence-corrected chi connectivity index (χ2v) is 1.70. The van der Waals surface area contributed by atoms with Crippen molar-refractivity contribution in [3.05, 3.63) is 0 Å². The molecule has 0 bridgehead atoms. The van der Waals surface area contributed by atoms with E-state index in [0.29, 0.717) is 0 Å². The molecule has 0 aromatic carbocycles. The summed E-state index contributed by atoms with van der Waals surface area (Å²) < 4.78 is 75.7. The van der Waals surface area contributed by atoms with Gasteiger partial charge in [-0.25, -0.2) is 0 Å². The summed E-state index contributed by atoms with van der Waals surface area (Å²) in [7, 11) is -8.56. The molecule has 13 heteroatoms. The molecule has 0 amide bonds. The maximum atomic E-state index is 8.41. The Morgan fingerprint density at radius 3 is 0.385 bits per heavy atom. The Kier molecular flexibility index (Phi) is 34.9. The van der Waals surface area contributed by atoms with Crippen molar-refractivity contribution in [2.45, 2.75) is 0 Å². The van der Waals surface area contributed by atoms with Gasteiger partial charge in [0.15, 0.2) is 0 Å². The summed E-state index contributed by atoms with van der Waals surface area (Å²) in [6.07, 6.45) is 0. The minimum atomic E-state index is -2.85. The fourth-order valence-corrected chi connectivity index (χ4v) is 0. The van der Waals surface area contributed by atoms with E-state index < -0.39 is 32.4 Å². The van der Waals surface area contributed by atoms with E-state index in [-0.39, 0.29) is 24.4 Å². The first-order valence-electron chi connectivity index (χ1n) is 1.39. The molecule has 0 aromatic rings. The topological polar surface area (TPSA) is 208 Å². The van der Waals surface area contributed by atoms with E-state index in [1.165, 1.54) is 0 Å². The molecule has 2 radical (unpaired) electrons. The number of hydrogen-bond acceptors (Lipinski definition) is 9. The first kappa shape index (κ1) is 23.9. The van der Waals surface area contributed by atoms with Crippen LogP contribution in [0.25, 0.3) is 0 Å². The Morgan fingerprint density at radius 1 is 0.385 bits per heavy atom. The smallest absolute Gasteiger partial charge is 0.357 e. The van der Waals surface area contributed by atoms with E-state index in [2.05, 4.69) is 0 Å². The molecule has 9 nitrogen and oxygen atoms in total. The van der Waals surface area contributed by atoms with Crippen molar-refractivity contribution in [1.82, 2.24) is 0 Å². The van der Waals surface area contributed by atoms with Crippen LogP contribution in [-0.2, 0) is 0 Å². The Morgan fingerprint density at radius 2 is 0.385 bits per heavy atom. The maximum Gasteiger partial charge on any atom is 3.00 e. The van der Waals surface area contributed by atoms with Crippen LogP contribution in [0.2, 0.25) is 0 Å². The van der Waals surface area contributed by atoms with Crippen LogP contribution in [-0.4, -0.2) is 24.4 Å². The Labute approximate surface area is 98.5 Å². The molecule has 0 aliphatic carbocycles. The van der Waals surface area contributed by atoms with Crippen molar-refractivity contribution >= 4 is 24.4 Å². The van der Waals surface area contributed by atoms with Gasteiger partial charge >= 0.3 is 24.4 Å². The van der Waals surface area contributed by atoms with Crippen molar-refractivity contribution < 1.29 is 74.3 Å². The van der Waals surface area contributed by atoms with Gasteiger partial charge in [0.2, 0.25) is 0 Å². The zero-order chi connectivity index (χ0) is 10.7. The molecule has 0 saturated heterocycles. The van der Waals surface area contributed by atoms with Crippen LogP contribution in [0.15, 0.2) is 0 Å². The predicted molar refractivity (Wildman–Crippen MR) is 5.75 cm³/mol. The van der Waals surface area contributed by atoms with Crippen LogP contribution in [0, 0.1) is 32.4 Å². The number of halogens is 3. The van der Waals surface area contributed by atoms with Crippen molar-refractivity contribution in [3.63, 3.8) is 0 Å². The third kappa shape index (κ3) is 970. The third-order valence-corrected chi connectivity index (χ3v) is 0. The van der Waals surface area contributed by atoms with Gasteiger partial charge in [-0.2, -0.15) is 0 Å². The molecule has 0 saturated carbocycles. The van der Waals surface area contributed by atoms with Gasteiger partial charge in [-0.15, -0.1) is 0 Å². The molecule has 0 N–H and O–H groups in total. The van der Waals surface area contributed by atoms with Gasteiger partial charge in [0, 0.05) is 0 Å². The van der Waals surface area contributed by atoms with Crippen LogP contribution in [0.4, 0.5) is 0 Å². The van der Waals surface area contributed by atoms with E-state index in [0.717, 1.165) is 0 Å². The normalized spacial score (nSPS) is 8.31. The van der Waals surface area contributed by atoms with E-state index in [9.17, 15) is 0 Å². The monoisotopic (exact) mass is 370 g/mol. The minimum absolute atomic E-state index is 0. The van der Waals surface area contributed by atoms with E-state index >= 15 is 0 Å². The second-order valence-electron chi connectivity index (χ2n) is 0.567. The van der Waals surface area contributed by atoms with Crippen LogP contribution in [0.5, 0.6) is 0 Å². The van der Waals surface area contributed by atoms with Gasteiger partial charge in [-0.05, 0) is 0 Å². The summed E-state index contributed by atoms with van der Waals surface area (Å²) in [6.45, 7) is 0. The molecule has 0 aromatic heterocycles. The number of hydrogen-bond donors (Lipinski definition) is 0. The van der Waals surface area contributed by atoms with Crippen molar-refractivity contribution in [2.24, 2.45) is 0 Å². The van der Waals surface area contributed by atoms with Gasteiger partial charge in [-0.1, -0.05) is 0 Å². The summed E-state index contributed by atoms with van der Waals surface area (Å²) in [6, 6.07) is 0. The molecule has 0 aliphatic heterocycles. The fraction of sp³-hybridized carbons (Fsp3) is 0. The third-order valence-electron chi connectivity index (χ3n) is 0. The Hall–Kier alpha value is 1.33. The predicted octanol–water partition coefficient (Wildman–Crippen LogP) is -11.1. The molecule has 13 heavy (non-hydrogen) atoms. The molecule has 0 aliphatic rings. The molecular formula is Cl3O9Sb. The van der Waals surface area contributed by atoms with Gasteiger partial charge in [0.1, 0.15) is 0 Å². The summed E-state index contributed by atoms with van der Waals surface area (Å²) in [5.41, 5.74) is 0. The van der Waals surface area contributed by atoms with Crippen LogP contribution in [0.1, 0.15) is 0 Å². The van der Waals surface area contributed by atoms with Crippen LogP contribution < -0.4 is 41.9 Å². The van der Waals surface area contributed by atoms with Crippen LogP contribution in [0.3, 0.4) is 0 Å². The van der Waals surface area contributed by atoms with Gasteiger partial charge in [-0.3, -0.25) is 0 Å². The summed E-state index contributed by atoms with van der Waals surface area (Å²) in [4.78, 5) is 0. The Bertz CT molecular complexity index is 43.4. The van der Waals surface area contributed by atoms with Gasteiger partial charge < -0.3 is 41.9 Å². The zero-order valence-corrected chi connectivity index (χ0v) is 10.1. The molecule has 0 rings (SSSR count). The fourth-order valence-electron chi connectivity index (χ4n) is 0. The van der Waals surface area contributed by atoms with Crippen molar-refractivity contribution in [3.8, 4) is 0 Å². The summed E-state index contributed by atoms with van der Waals surface area (Å²) in [5.74, 6) is 0. The van der Waals surface area contributed by atoms with E-state index in [1.807, 2.05) is 0 Å². The molecule has 0 fully saturated rings. The minimum Gasteiger partial charge on any atom is -0.357 e. The number of rotatable bonds is 0. The average Bonchev–Trinajstić information content (AvgIpc) is 1.54. The van der Waals surface area contributed by atoms with E-state index in [4.69, 9.17) is 41.9 Å². The molecule has 80 valence electrons. The van der Waals surface area contributed by atoms with Crippen molar-refractivity contribution in [1.29, 1.82) is 0 Å². The largest absolute Gasteiger partial charge is 3.00 e. The average molecular weight is 372 g/mol. The zero-order valence-electron chi connectivity index (χ0n) is 5.26. The summed E-state index contributed by atoms with van der Waals surface area (Å²) in [5, 5.41) is 0. The molecular weight excluding hydrogens is 372 g/mol. The summed E-state index contributed by atoms with van der Waals surface area (Å²) >= 11 is 0.